The van der Waals surface area contributed by atoms with Crippen molar-refractivity contribution in [3.05, 3.63) is 0 Å². The molecule has 0 aromatic heterocycles. The van der Waals surface area contributed by atoms with E-state index in [2.05, 4.69) is 5.32 Å². The van der Waals surface area contributed by atoms with Crippen LogP contribution in [0.1, 0.15) is 46.0 Å². The predicted octanol–water partition coefficient (Wildman–Crippen LogP) is 1.05. The zero-order chi connectivity index (χ0) is 16.6. The molecule has 2 fully saturated rings. The van der Waals surface area contributed by atoms with E-state index in [9.17, 15) is 18.0 Å². The Balaban J connectivity index is 2.00. The Bertz CT molecular complexity index is 556. The van der Waals surface area contributed by atoms with Crippen LogP contribution < -0.4 is 5.32 Å². The summed E-state index contributed by atoms with van der Waals surface area (Å²) in [6.07, 6.45) is 3.09. The van der Waals surface area contributed by atoms with Crippen LogP contribution in [0.2, 0.25) is 0 Å². The molecule has 0 bridgehead atoms. The topological polar surface area (TPSA) is 89.5 Å². The molecule has 2 atom stereocenters. The third-order valence-corrected chi connectivity index (χ3v) is 6.77. The summed E-state index contributed by atoms with van der Waals surface area (Å²) in [4.78, 5) is 24.4. The van der Waals surface area contributed by atoms with Gasteiger partial charge in [0, 0.05) is 5.92 Å². The smallest absolute Gasteiger partial charge is 0.331 e. The van der Waals surface area contributed by atoms with Gasteiger partial charge in [0.2, 0.25) is 5.91 Å². The average Bonchev–Trinajstić information content (AvgIpc) is 3.17. The van der Waals surface area contributed by atoms with Gasteiger partial charge in [0.1, 0.15) is 15.4 Å². The van der Waals surface area contributed by atoms with E-state index in [0.29, 0.717) is 19.3 Å². The summed E-state index contributed by atoms with van der Waals surface area (Å²) in [7, 11) is -1.62. The number of carbonyl (C=O) groups is 2. The third-order valence-electron chi connectivity index (χ3n) is 5.11. The first-order valence-corrected chi connectivity index (χ1v) is 9.61. The molecule has 126 valence electrons. The molecule has 1 saturated carbocycles. The fourth-order valence-corrected chi connectivity index (χ4v) is 5.15. The highest BCUT2D eigenvalue weighted by Gasteiger charge is 2.60. The maximum atomic E-state index is 12.5. The molecule has 0 radical (unpaired) electrons. The van der Waals surface area contributed by atoms with Crippen LogP contribution in [0, 0.1) is 11.3 Å². The van der Waals surface area contributed by atoms with Crippen LogP contribution in [0.5, 0.6) is 0 Å². The van der Waals surface area contributed by atoms with Crippen molar-refractivity contribution in [2.45, 2.75) is 51.5 Å². The van der Waals surface area contributed by atoms with E-state index in [1.807, 2.05) is 6.92 Å². The number of hydrogen-bond donors (Lipinski definition) is 1. The van der Waals surface area contributed by atoms with Crippen molar-refractivity contribution in [1.82, 2.24) is 5.32 Å². The molecule has 1 spiro atoms. The Kier molecular flexibility index (Phi) is 4.57. The number of carbonyl (C=O) groups excluding carboxylic acids is 2. The molecule has 1 amide bonds. The van der Waals surface area contributed by atoms with Crippen LogP contribution >= 0.6 is 0 Å². The first kappa shape index (κ1) is 17.2. The Labute approximate surface area is 131 Å². The van der Waals surface area contributed by atoms with Crippen LogP contribution in [-0.4, -0.2) is 44.4 Å². The molecule has 2 rings (SSSR count). The third kappa shape index (κ3) is 3.29. The SMILES string of the molecule is CCC[C@@](C)(NC(=O)[C@@H]1CC12CCS(=O)(=O)CC2)C(=O)OC. The quantitative estimate of drug-likeness (QED) is 0.761. The van der Waals surface area contributed by atoms with Crippen LogP contribution in [-0.2, 0) is 24.2 Å². The Morgan fingerprint density at radius 2 is 1.91 bits per heavy atom. The van der Waals surface area contributed by atoms with Gasteiger partial charge in [-0.1, -0.05) is 13.3 Å². The molecule has 0 aromatic rings. The minimum atomic E-state index is -2.93. The van der Waals surface area contributed by atoms with Gasteiger partial charge in [0.05, 0.1) is 18.6 Å². The number of rotatable bonds is 5. The van der Waals surface area contributed by atoms with Crippen LogP contribution in [0.25, 0.3) is 0 Å². The molecule has 1 N–H and O–H groups in total. The van der Waals surface area contributed by atoms with Crippen molar-refractivity contribution in [3.63, 3.8) is 0 Å². The number of ether oxygens (including phenoxy) is 1. The highest BCUT2D eigenvalue weighted by atomic mass is 32.2. The highest BCUT2D eigenvalue weighted by Crippen LogP contribution is 2.59. The fourth-order valence-electron chi connectivity index (χ4n) is 3.52. The van der Waals surface area contributed by atoms with Gasteiger partial charge in [-0.25, -0.2) is 13.2 Å². The van der Waals surface area contributed by atoms with Gasteiger partial charge in [-0.2, -0.15) is 0 Å². The minimum Gasteiger partial charge on any atom is -0.467 e. The normalized spacial score (nSPS) is 27.7. The van der Waals surface area contributed by atoms with Crippen LogP contribution in [0.4, 0.5) is 0 Å². The maximum Gasteiger partial charge on any atom is 0.331 e. The van der Waals surface area contributed by atoms with E-state index in [0.717, 1.165) is 12.8 Å². The Hall–Kier alpha value is -1.11. The minimum absolute atomic E-state index is 0.152. The maximum absolute atomic E-state index is 12.5. The summed E-state index contributed by atoms with van der Waals surface area (Å²) in [5.74, 6) is -0.437. The monoisotopic (exact) mass is 331 g/mol. The largest absolute Gasteiger partial charge is 0.467 e. The van der Waals surface area contributed by atoms with Crippen molar-refractivity contribution >= 4 is 21.7 Å². The van der Waals surface area contributed by atoms with Gasteiger partial charge in [0.25, 0.3) is 0 Å². The van der Waals surface area contributed by atoms with Crippen molar-refractivity contribution in [2.75, 3.05) is 18.6 Å². The second kappa shape index (κ2) is 5.83. The second-order valence-corrected chi connectivity index (χ2v) is 9.14. The number of amides is 1. The summed E-state index contributed by atoms with van der Waals surface area (Å²) in [6, 6.07) is 0. The number of hydrogen-bond acceptors (Lipinski definition) is 5. The summed E-state index contributed by atoms with van der Waals surface area (Å²) in [5, 5.41) is 2.84. The van der Waals surface area contributed by atoms with Gasteiger partial charge in [-0.05, 0) is 38.0 Å². The molecule has 1 aliphatic heterocycles. The van der Waals surface area contributed by atoms with Crippen LogP contribution in [0.15, 0.2) is 0 Å². The van der Waals surface area contributed by atoms with E-state index >= 15 is 0 Å². The molecule has 2 aliphatic rings. The zero-order valence-electron chi connectivity index (χ0n) is 13.5. The average molecular weight is 331 g/mol. The molecular formula is C15H25NO5S. The first-order valence-electron chi connectivity index (χ1n) is 7.79. The second-order valence-electron chi connectivity index (χ2n) is 6.83. The Morgan fingerprint density at radius 3 is 2.41 bits per heavy atom. The van der Waals surface area contributed by atoms with Crippen molar-refractivity contribution in [1.29, 1.82) is 0 Å². The number of sulfone groups is 1. The molecule has 7 heteroatoms. The van der Waals surface area contributed by atoms with Crippen LogP contribution in [0.3, 0.4) is 0 Å². The number of esters is 1. The summed E-state index contributed by atoms with van der Waals surface area (Å²) in [5.41, 5.74) is -1.18. The summed E-state index contributed by atoms with van der Waals surface area (Å²) >= 11 is 0. The Morgan fingerprint density at radius 1 is 1.32 bits per heavy atom. The van der Waals surface area contributed by atoms with E-state index in [4.69, 9.17) is 4.74 Å². The molecule has 1 heterocycles. The van der Waals surface area contributed by atoms with Crippen molar-refractivity contribution in [3.8, 4) is 0 Å². The van der Waals surface area contributed by atoms with E-state index in [1.54, 1.807) is 6.92 Å². The van der Waals surface area contributed by atoms with E-state index < -0.39 is 21.3 Å². The van der Waals surface area contributed by atoms with Gasteiger partial charge < -0.3 is 10.1 Å². The van der Waals surface area contributed by atoms with E-state index in [1.165, 1.54) is 7.11 Å². The van der Waals surface area contributed by atoms with Crippen molar-refractivity contribution < 1.29 is 22.7 Å². The number of methoxy groups -OCH3 is 1. The molecule has 0 aromatic carbocycles. The lowest BCUT2D eigenvalue weighted by Gasteiger charge is -2.29. The number of nitrogens with one attached hydrogen (secondary N) is 1. The summed E-state index contributed by atoms with van der Waals surface area (Å²) in [6.45, 7) is 3.62. The lowest BCUT2D eigenvalue weighted by molar-refractivity contribution is -0.150. The summed E-state index contributed by atoms with van der Waals surface area (Å²) < 4.78 is 27.8. The van der Waals surface area contributed by atoms with Gasteiger partial charge >= 0.3 is 5.97 Å². The predicted molar refractivity (Wildman–Crippen MR) is 81.9 cm³/mol. The zero-order valence-corrected chi connectivity index (χ0v) is 14.3. The lowest BCUT2D eigenvalue weighted by Crippen LogP contribution is -2.53. The van der Waals surface area contributed by atoms with Gasteiger partial charge in [-0.3, -0.25) is 4.79 Å². The molecule has 1 aliphatic carbocycles. The van der Waals surface area contributed by atoms with Crippen molar-refractivity contribution in [2.24, 2.45) is 11.3 Å². The van der Waals surface area contributed by atoms with Gasteiger partial charge in [0.15, 0.2) is 0 Å². The molecule has 6 nitrogen and oxygen atoms in total. The standard InChI is InChI=1S/C15H25NO5S/c1-4-5-14(2,13(18)21-3)16-12(17)11-10-15(11)6-8-22(19,20)9-7-15/h11H,4-10H2,1-3H3,(H,16,17)/t11-,14+/m0/s1. The van der Waals surface area contributed by atoms with E-state index in [-0.39, 0.29) is 28.7 Å². The molecule has 22 heavy (non-hydrogen) atoms. The molecular weight excluding hydrogens is 306 g/mol. The molecule has 0 unspecified atom stereocenters. The lowest BCUT2D eigenvalue weighted by atomic mass is 9.93. The molecule has 1 saturated heterocycles. The fraction of sp³-hybridized carbons (Fsp3) is 0.867. The highest BCUT2D eigenvalue weighted by molar-refractivity contribution is 7.91. The van der Waals surface area contributed by atoms with Gasteiger partial charge in [-0.15, -0.1) is 0 Å². The first-order chi connectivity index (χ1) is 10.2.